The molecular weight excluding hydrogens is 228 g/mol. The first-order valence-electron chi connectivity index (χ1n) is 6.55. The van der Waals surface area contributed by atoms with Crippen LogP contribution in [0.3, 0.4) is 0 Å². The molecule has 98 valence electrons. The Labute approximate surface area is 108 Å². The molecule has 1 N–H and O–H groups in total. The summed E-state index contributed by atoms with van der Waals surface area (Å²) in [5, 5.41) is 10.3. The van der Waals surface area contributed by atoms with Gasteiger partial charge in [0, 0.05) is 5.56 Å². The van der Waals surface area contributed by atoms with Gasteiger partial charge >= 0.3 is 0 Å². The van der Waals surface area contributed by atoms with Gasteiger partial charge in [0.2, 0.25) is 0 Å². The predicted octanol–water partition coefficient (Wildman–Crippen LogP) is 2.96. The van der Waals surface area contributed by atoms with Gasteiger partial charge in [0.15, 0.2) is 5.78 Å². The molecule has 0 aliphatic heterocycles. The molecule has 0 amide bonds. The van der Waals surface area contributed by atoms with Gasteiger partial charge in [-0.25, -0.2) is 0 Å². The lowest BCUT2D eigenvalue weighted by Crippen LogP contribution is -2.35. The molecule has 0 heterocycles. The molecule has 0 radical (unpaired) electrons. The van der Waals surface area contributed by atoms with Crippen molar-refractivity contribution in [3.05, 3.63) is 29.8 Å². The fourth-order valence-electron chi connectivity index (χ4n) is 2.44. The van der Waals surface area contributed by atoms with Crippen LogP contribution in [0.15, 0.2) is 24.3 Å². The molecule has 1 saturated carbocycles. The van der Waals surface area contributed by atoms with Gasteiger partial charge in [-0.1, -0.05) is 12.1 Å². The maximum atomic E-state index is 12.3. The Hall–Kier alpha value is -1.35. The van der Waals surface area contributed by atoms with Crippen LogP contribution >= 0.6 is 0 Å². The predicted molar refractivity (Wildman–Crippen MR) is 70.0 cm³/mol. The van der Waals surface area contributed by atoms with Crippen molar-refractivity contribution in [2.45, 2.75) is 51.2 Å². The number of ether oxygens (including phenoxy) is 1. The van der Waals surface area contributed by atoms with Gasteiger partial charge in [-0.2, -0.15) is 0 Å². The van der Waals surface area contributed by atoms with E-state index in [0.717, 1.165) is 12.8 Å². The van der Waals surface area contributed by atoms with Gasteiger partial charge in [-0.05, 0) is 51.7 Å². The molecule has 0 unspecified atom stereocenters. The maximum absolute atomic E-state index is 12.3. The Morgan fingerprint density at radius 1 is 1.33 bits per heavy atom. The lowest BCUT2D eigenvalue weighted by molar-refractivity contribution is 0.0353. The zero-order valence-corrected chi connectivity index (χ0v) is 11.0. The molecule has 0 saturated heterocycles. The smallest absolute Gasteiger partial charge is 0.194 e. The number of benzene rings is 1. The third-order valence-electron chi connectivity index (χ3n) is 3.32. The molecule has 18 heavy (non-hydrogen) atoms. The van der Waals surface area contributed by atoms with E-state index < -0.39 is 5.60 Å². The van der Waals surface area contributed by atoms with Crippen LogP contribution in [0.25, 0.3) is 0 Å². The van der Waals surface area contributed by atoms with E-state index in [1.165, 1.54) is 0 Å². The summed E-state index contributed by atoms with van der Waals surface area (Å²) in [6.45, 7) is 3.89. The molecule has 1 fully saturated rings. The number of carbonyl (C=O) groups is 1. The minimum Gasteiger partial charge on any atom is -0.491 e. The Balaban J connectivity index is 2.20. The van der Waals surface area contributed by atoms with Gasteiger partial charge in [0.25, 0.3) is 0 Å². The van der Waals surface area contributed by atoms with Crippen LogP contribution in [0.4, 0.5) is 0 Å². The van der Waals surface area contributed by atoms with Crippen LogP contribution in [0, 0.1) is 0 Å². The van der Waals surface area contributed by atoms with E-state index in [9.17, 15) is 9.90 Å². The fraction of sp³-hybridized carbons (Fsp3) is 0.533. The summed E-state index contributed by atoms with van der Waals surface area (Å²) >= 11 is 0. The van der Waals surface area contributed by atoms with Crippen molar-refractivity contribution in [3.8, 4) is 5.75 Å². The number of rotatable bonds is 4. The van der Waals surface area contributed by atoms with Gasteiger partial charge in [-0.3, -0.25) is 4.79 Å². The number of Topliss-reactive ketones (excluding diaryl/α,β-unsaturated/α-hetero) is 1. The van der Waals surface area contributed by atoms with Crippen LogP contribution in [0.2, 0.25) is 0 Å². The summed E-state index contributed by atoms with van der Waals surface area (Å²) in [6, 6.07) is 7.09. The van der Waals surface area contributed by atoms with Crippen molar-refractivity contribution in [3.63, 3.8) is 0 Å². The highest BCUT2D eigenvalue weighted by Gasteiger charge is 2.39. The number of aliphatic hydroxyl groups is 1. The molecule has 1 aromatic carbocycles. The summed E-state index contributed by atoms with van der Waals surface area (Å²) in [5.41, 5.74) is -0.617. The van der Waals surface area contributed by atoms with E-state index in [2.05, 4.69) is 0 Å². The highest BCUT2D eigenvalue weighted by atomic mass is 16.5. The third-order valence-corrected chi connectivity index (χ3v) is 3.32. The third kappa shape index (κ3) is 2.72. The van der Waals surface area contributed by atoms with Crippen LogP contribution in [-0.2, 0) is 0 Å². The Kier molecular flexibility index (Phi) is 3.71. The SMILES string of the molecule is CC(C)Oc1cccc(C(=O)C2(O)CCCC2)c1. The molecule has 1 aromatic rings. The van der Waals surface area contributed by atoms with Gasteiger partial charge in [0.1, 0.15) is 11.4 Å². The van der Waals surface area contributed by atoms with E-state index >= 15 is 0 Å². The molecule has 0 bridgehead atoms. The summed E-state index contributed by atoms with van der Waals surface area (Å²) in [4.78, 5) is 12.3. The quantitative estimate of drug-likeness (QED) is 0.833. The average molecular weight is 248 g/mol. The van der Waals surface area contributed by atoms with Gasteiger partial charge < -0.3 is 9.84 Å². The topological polar surface area (TPSA) is 46.5 Å². The first-order chi connectivity index (χ1) is 8.51. The van der Waals surface area contributed by atoms with Crippen molar-refractivity contribution in [2.75, 3.05) is 0 Å². The molecule has 0 spiro atoms. The molecule has 2 rings (SSSR count). The Bertz CT molecular complexity index is 431. The van der Waals surface area contributed by atoms with Gasteiger partial charge in [-0.15, -0.1) is 0 Å². The second-order valence-electron chi connectivity index (χ2n) is 5.26. The number of carbonyl (C=O) groups excluding carboxylic acids is 1. The first-order valence-corrected chi connectivity index (χ1v) is 6.55. The highest BCUT2D eigenvalue weighted by molar-refractivity contribution is 6.02. The lowest BCUT2D eigenvalue weighted by Gasteiger charge is -2.20. The van der Waals surface area contributed by atoms with Crippen LogP contribution in [0.1, 0.15) is 49.9 Å². The van der Waals surface area contributed by atoms with E-state index in [-0.39, 0.29) is 11.9 Å². The normalized spacial score (nSPS) is 18.0. The van der Waals surface area contributed by atoms with Crippen LogP contribution < -0.4 is 4.74 Å². The Morgan fingerprint density at radius 2 is 2.00 bits per heavy atom. The van der Waals surface area contributed by atoms with Gasteiger partial charge in [0.05, 0.1) is 6.10 Å². The minimum absolute atomic E-state index is 0.0740. The number of hydrogen-bond donors (Lipinski definition) is 1. The van der Waals surface area contributed by atoms with Crippen LogP contribution in [-0.4, -0.2) is 22.6 Å². The molecular formula is C15H20O3. The molecule has 1 aliphatic carbocycles. The number of ketones is 1. The van der Waals surface area contributed by atoms with Crippen molar-refractivity contribution in [1.29, 1.82) is 0 Å². The molecule has 1 aliphatic rings. The lowest BCUT2D eigenvalue weighted by atomic mass is 9.91. The second-order valence-corrected chi connectivity index (χ2v) is 5.26. The summed E-state index contributed by atoms with van der Waals surface area (Å²) in [6.07, 6.45) is 3.06. The number of hydrogen-bond acceptors (Lipinski definition) is 3. The van der Waals surface area contributed by atoms with Crippen molar-refractivity contribution in [1.82, 2.24) is 0 Å². The van der Waals surface area contributed by atoms with Crippen LogP contribution in [0.5, 0.6) is 5.75 Å². The highest BCUT2D eigenvalue weighted by Crippen LogP contribution is 2.33. The standard InChI is InChI=1S/C15H20O3/c1-11(2)18-13-7-5-6-12(10-13)14(16)15(17)8-3-4-9-15/h5-7,10-11,17H,3-4,8-9H2,1-2H3. The van der Waals surface area contributed by atoms with Crippen molar-refractivity contribution in [2.24, 2.45) is 0 Å². The Morgan fingerprint density at radius 3 is 2.61 bits per heavy atom. The molecule has 0 atom stereocenters. The molecule has 0 aromatic heterocycles. The summed E-state index contributed by atoms with van der Waals surface area (Å²) in [7, 11) is 0. The average Bonchev–Trinajstić information content (AvgIpc) is 2.76. The monoisotopic (exact) mass is 248 g/mol. The van der Waals surface area contributed by atoms with E-state index in [0.29, 0.717) is 24.2 Å². The summed E-state index contributed by atoms with van der Waals surface area (Å²) in [5.74, 6) is 0.506. The zero-order chi connectivity index (χ0) is 13.2. The van der Waals surface area contributed by atoms with Crippen molar-refractivity contribution < 1.29 is 14.6 Å². The second kappa shape index (κ2) is 5.11. The van der Waals surface area contributed by atoms with E-state index in [4.69, 9.17) is 4.74 Å². The van der Waals surface area contributed by atoms with E-state index in [1.54, 1.807) is 18.2 Å². The molecule has 3 heteroatoms. The first kappa shape index (κ1) is 13.1. The largest absolute Gasteiger partial charge is 0.491 e. The van der Waals surface area contributed by atoms with Crippen molar-refractivity contribution >= 4 is 5.78 Å². The minimum atomic E-state index is -1.16. The molecule has 3 nitrogen and oxygen atoms in total. The van der Waals surface area contributed by atoms with E-state index in [1.807, 2.05) is 19.9 Å². The summed E-state index contributed by atoms with van der Waals surface area (Å²) < 4.78 is 5.57. The zero-order valence-electron chi connectivity index (χ0n) is 11.0. The fourth-order valence-corrected chi connectivity index (χ4v) is 2.44. The maximum Gasteiger partial charge on any atom is 0.194 e.